The molecule has 0 atom stereocenters. The van der Waals surface area contributed by atoms with Crippen molar-refractivity contribution in [1.29, 1.82) is 0 Å². The highest BCUT2D eigenvalue weighted by Crippen LogP contribution is 2.24. The third-order valence-electron chi connectivity index (χ3n) is 2.73. The summed E-state index contributed by atoms with van der Waals surface area (Å²) in [6.07, 6.45) is 6.63. The lowest BCUT2D eigenvalue weighted by Crippen LogP contribution is -2.17. The summed E-state index contributed by atoms with van der Waals surface area (Å²) >= 11 is 2.08. The Morgan fingerprint density at radius 1 is 1.57 bits per heavy atom. The summed E-state index contributed by atoms with van der Waals surface area (Å²) in [6.45, 7) is 1.12. The topological polar surface area (TPSA) is 29.9 Å². The average Bonchev–Trinajstić information content (AvgIpc) is 2.67. The minimum atomic E-state index is 0.845. The molecule has 78 valence electrons. The third kappa shape index (κ3) is 2.23. The summed E-state index contributed by atoms with van der Waals surface area (Å²) in [5, 5.41) is 3.11. The molecule has 0 aromatic carbocycles. The number of thioether (sulfide) groups is 1. The van der Waals surface area contributed by atoms with E-state index in [-0.39, 0.29) is 0 Å². The van der Waals surface area contributed by atoms with Crippen molar-refractivity contribution in [3.63, 3.8) is 0 Å². The minimum Gasteiger partial charge on any atom is -0.359 e. The number of hydrogen-bond donors (Lipinski definition) is 1. The van der Waals surface area contributed by atoms with Crippen molar-refractivity contribution >= 4 is 17.7 Å². The molecule has 4 heteroatoms. The molecule has 3 nitrogen and oxygen atoms in total. The molecule has 0 aliphatic carbocycles. The zero-order valence-electron chi connectivity index (χ0n) is 8.57. The van der Waals surface area contributed by atoms with E-state index in [0.717, 1.165) is 18.4 Å². The fourth-order valence-electron chi connectivity index (χ4n) is 1.89. The minimum absolute atomic E-state index is 0.845. The quantitative estimate of drug-likeness (QED) is 0.830. The second kappa shape index (κ2) is 4.73. The van der Waals surface area contributed by atoms with Gasteiger partial charge in [0.2, 0.25) is 5.95 Å². The molecule has 1 aromatic heterocycles. The van der Waals surface area contributed by atoms with Crippen LogP contribution in [0.25, 0.3) is 0 Å². The molecule has 14 heavy (non-hydrogen) atoms. The van der Waals surface area contributed by atoms with Crippen molar-refractivity contribution < 1.29 is 0 Å². The highest BCUT2D eigenvalue weighted by molar-refractivity contribution is 7.99. The van der Waals surface area contributed by atoms with Crippen molar-refractivity contribution in [2.75, 3.05) is 23.9 Å². The fourth-order valence-corrected chi connectivity index (χ4v) is 3.10. The van der Waals surface area contributed by atoms with Crippen molar-refractivity contribution in [3.05, 3.63) is 12.4 Å². The van der Waals surface area contributed by atoms with Crippen LogP contribution in [0, 0.1) is 5.92 Å². The van der Waals surface area contributed by atoms with Gasteiger partial charge in [0.05, 0.1) is 0 Å². The van der Waals surface area contributed by atoms with Gasteiger partial charge in [-0.2, -0.15) is 11.8 Å². The van der Waals surface area contributed by atoms with Gasteiger partial charge in [-0.05, 0) is 30.3 Å². The summed E-state index contributed by atoms with van der Waals surface area (Å²) < 4.78 is 2.22. The van der Waals surface area contributed by atoms with Crippen LogP contribution in [0.3, 0.4) is 0 Å². The van der Waals surface area contributed by atoms with E-state index < -0.39 is 0 Å². The summed E-state index contributed by atoms with van der Waals surface area (Å²) in [5.41, 5.74) is 0. The molecule has 1 aliphatic heterocycles. The molecule has 0 bridgehead atoms. The van der Waals surface area contributed by atoms with Crippen LogP contribution in [0.4, 0.5) is 5.95 Å². The maximum absolute atomic E-state index is 4.25. The Balaban J connectivity index is 1.95. The van der Waals surface area contributed by atoms with Gasteiger partial charge in [-0.15, -0.1) is 0 Å². The molecular weight excluding hydrogens is 194 g/mol. The number of hydrogen-bond acceptors (Lipinski definition) is 3. The van der Waals surface area contributed by atoms with Crippen molar-refractivity contribution in [1.82, 2.24) is 9.55 Å². The molecule has 0 spiro atoms. The first-order valence-electron chi connectivity index (χ1n) is 5.17. The number of imidazole rings is 1. The fraction of sp³-hybridized carbons (Fsp3) is 0.700. The van der Waals surface area contributed by atoms with Gasteiger partial charge in [-0.1, -0.05) is 0 Å². The molecule has 0 saturated carbocycles. The monoisotopic (exact) mass is 211 g/mol. The average molecular weight is 211 g/mol. The second-order valence-corrected chi connectivity index (χ2v) is 4.93. The predicted molar refractivity (Wildman–Crippen MR) is 61.8 cm³/mol. The van der Waals surface area contributed by atoms with Gasteiger partial charge >= 0.3 is 0 Å². The summed E-state index contributed by atoms with van der Waals surface area (Å²) in [5.74, 6) is 4.49. The zero-order chi connectivity index (χ0) is 9.80. The Bertz CT molecular complexity index is 279. The number of rotatable bonds is 3. The van der Waals surface area contributed by atoms with E-state index in [0.29, 0.717) is 0 Å². The molecule has 1 fully saturated rings. The predicted octanol–water partition coefficient (Wildman–Crippen LogP) is 2.07. The summed E-state index contributed by atoms with van der Waals surface area (Å²) in [6, 6.07) is 0. The smallest absolute Gasteiger partial charge is 0.202 e. The van der Waals surface area contributed by atoms with Crippen molar-refractivity contribution in [2.24, 2.45) is 5.92 Å². The number of nitrogens with one attached hydrogen (secondary N) is 1. The zero-order valence-corrected chi connectivity index (χ0v) is 9.39. The van der Waals surface area contributed by atoms with Crippen LogP contribution in [0.2, 0.25) is 0 Å². The lowest BCUT2D eigenvalue weighted by atomic mass is 10.0. The van der Waals surface area contributed by atoms with E-state index in [1.165, 1.54) is 24.3 Å². The van der Waals surface area contributed by atoms with Crippen LogP contribution < -0.4 is 5.32 Å². The Labute approximate surface area is 89.3 Å². The molecule has 0 radical (unpaired) electrons. The molecule has 0 amide bonds. The van der Waals surface area contributed by atoms with Gasteiger partial charge in [0.1, 0.15) is 0 Å². The lowest BCUT2D eigenvalue weighted by Gasteiger charge is -2.22. The molecule has 0 unspecified atom stereocenters. The highest BCUT2D eigenvalue weighted by Gasteiger charge is 2.15. The van der Waals surface area contributed by atoms with Crippen molar-refractivity contribution in [2.45, 2.75) is 19.4 Å². The first-order chi connectivity index (χ1) is 6.90. The largest absolute Gasteiger partial charge is 0.359 e. The van der Waals surface area contributed by atoms with E-state index in [1.807, 2.05) is 13.2 Å². The Morgan fingerprint density at radius 3 is 3.07 bits per heavy atom. The van der Waals surface area contributed by atoms with Gasteiger partial charge in [0.25, 0.3) is 0 Å². The van der Waals surface area contributed by atoms with E-state index in [4.69, 9.17) is 0 Å². The molecule has 1 aromatic rings. The highest BCUT2D eigenvalue weighted by atomic mass is 32.2. The molecule has 1 aliphatic rings. The first kappa shape index (κ1) is 9.90. The van der Waals surface area contributed by atoms with E-state index in [9.17, 15) is 0 Å². The molecule has 2 rings (SSSR count). The van der Waals surface area contributed by atoms with Crippen LogP contribution in [0.15, 0.2) is 12.4 Å². The molecular formula is C10H17N3S. The van der Waals surface area contributed by atoms with Crippen LogP contribution in [-0.2, 0) is 6.54 Å². The molecule has 1 saturated heterocycles. The van der Waals surface area contributed by atoms with Gasteiger partial charge < -0.3 is 9.88 Å². The Hall–Kier alpha value is -0.640. The SMILES string of the molecule is CNc1nccn1CC1CCSCC1. The standard InChI is InChI=1S/C10H17N3S/c1-11-10-12-4-5-13(10)8-9-2-6-14-7-3-9/h4-5,9H,2-3,6-8H2,1H3,(H,11,12). The first-order valence-corrected chi connectivity index (χ1v) is 6.32. The van der Waals surface area contributed by atoms with E-state index in [1.54, 1.807) is 0 Å². The van der Waals surface area contributed by atoms with E-state index >= 15 is 0 Å². The maximum Gasteiger partial charge on any atom is 0.202 e. The van der Waals surface area contributed by atoms with Crippen molar-refractivity contribution in [3.8, 4) is 0 Å². The number of aromatic nitrogens is 2. The van der Waals surface area contributed by atoms with Crippen LogP contribution >= 0.6 is 11.8 Å². The summed E-state index contributed by atoms with van der Waals surface area (Å²) in [4.78, 5) is 4.25. The van der Waals surface area contributed by atoms with Gasteiger partial charge in [-0.3, -0.25) is 0 Å². The Morgan fingerprint density at radius 2 is 2.36 bits per heavy atom. The maximum atomic E-state index is 4.25. The number of nitrogens with zero attached hydrogens (tertiary/aromatic N) is 2. The van der Waals surface area contributed by atoms with Crippen LogP contribution in [-0.4, -0.2) is 28.1 Å². The van der Waals surface area contributed by atoms with Gasteiger partial charge in [0.15, 0.2) is 0 Å². The normalized spacial score (nSPS) is 18.4. The van der Waals surface area contributed by atoms with Crippen LogP contribution in [0.5, 0.6) is 0 Å². The molecule has 2 heterocycles. The second-order valence-electron chi connectivity index (χ2n) is 3.71. The number of anilines is 1. The third-order valence-corrected chi connectivity index (χ3v) is 3.78. The van der Waals surface area contributed by atoms with Gasteiger partial charge in [0, 0.05) is 26.0 Å². The lowest BCUT2D eigenvalue weighted by molar-refractivity contribution is 0.419. The van der Waals surface area contributed by atoms with E-state index in [2.05, 4.69) is 32.8 Å². The van der Waals surface area contributed by atoms with Gasteiger partial charge in [-0.25, -0.2) is 4.98 Å². The van der Waals surface area contributed by atoms with Crippen LogP contribution in [0.1, 0.15) is 12.8 Å². The summed E-state index contributed by atoms with van der Waals surface area (Å²) in [7, 11) is 1.93. The Kier molecular flexibility index (Phi) is 3.35. The molecule has 1 N–H and O–H groups in total.